The number of hydrogen-bond acceptors (Lipinski definition) is 3. The lowest BCUT2D eigenvalue weighted by Crippen LogP contribution is -2.55. The summed E-state index contributed by atoms with van der Waals surface area (Å²) in [5, 5.41) is 6.17. The number of nitrogens with one attached hydrogen (secondary N) is 2. The molecule has 1 saturated heterocycles. The molecule has 27 heavy (non-hydrogen) atoms. The van der Waals surface area contributed by atoms with Gasteiger partial charge in [-0.15, -0.1) is 12.4 Å². The summed E-state index contributed by atoms with van der Waals surface area (Å²) in [5.74, 6) is -0.395. The van der Waals surface area contributed by atoms with Gasteiger partial charge in [0.1, 0.15) is 11.9 Å². The van der Waals surface area contributed by atoms with Crippen LogP contribution in [0.4, 0.5) is 4.39 Å². The molecule has 0 bridgehead atoms. The molecule has 2 amide bonds. The van der Waals surface area contributed by atoms with Crippen molar-refractivity contribution in [2.24, 2.45) is 5.92 Å². The molecule has 7 heteroatoms. The highest BCUT2D eigenvalue weighted by molar-refractivity contribution is 5.88. The molecule has 0 spiro atoms. The first-order valence-corrected chi connectivity index (χ1v) is 9.63. The Bertz CT molecular complexity index is 652. The molecule has 150 valence electrons. The van der Waals surface area contributed by atoms with Crippen molar-refractivity contribution in [2.75, 3.05) is 19.6 Å². The van der Waals surface area contributed by atoms with E-state index in [9.17, 15) is 14.0 Å². The molecule has 1 heterocycles. The average molecular weight is 398 g/mol. The monoisotopic (exact) mass is 397 g/mol. The number of nitrogens with zero attached hydrogens (tertiary/aromatic N) is 1. The predicted molar refractivity (Wildman–Crippen MR) is 105 cm³/mol. The summed E-state index contributed by atoms with van der Waals surface area (Å²) in [4.78, 5) is 27.2. The van der Waals surface area contributed by atoms with Gasteiger partial charge in [-0.25, -0.2) is 4.39 Å². The number of rotatable bonds is 4. The van der Waals surface area contributed by atoms with Crippen molar-refractivity contribution < 1.29 is 14.0 Å². The van der Waals surface area contributed by atoms with E-state index in [2.05, 4.69) is 10.6 Å². The van der Waals surface area contributed by atoms with E-state index >= 15 is 0 Å². The van der Waals surface area contributed by atoms with Gasteiger partial charge in [0.15, 0.2) is 0 Å². The summed E-state index contributed by atoms with van der Waals surface area (Å²) in [7, 11) is 0. The van der Waals surface area contributed by atoms with Crippen molar-refractivity contribution in [3.8, 4) is 0 Å². The second-order valence-electron chi connectivity index (χ2n) is 7.37. The fraction of sp³-hybridized carbons (Fsp3) is 0.600. The van der Waals surface area contributed by atoms with Crippen molar-refractivity contribution in [1.82, 2.24) is 15.5 Å². The molecule has 0 radical (unpaired) electrons. The van der Waals surface area contributed by atoms with Crippen molar-refractivity contribution >= 4 is 24.2 Å². The second kappa shape index (κ2) is 10.0. The van der Waals surface area contributed by atoms with E-state index in [1.54, 1.807) is 17.9 Å². The minimum Gasteiger partial charge on any atom is -0.344 e. The maximum atomic E-state index is 13.6. The Morgan fingerprint density at radius 3 is 2.70 bits per heavy atom. The molecule has 2 N–H and O–H groups in total. The molecule has 3 rings (SSSR count). The first kappa shape index (κ1) is 21.6. The Kier molecular flexibility index (Phi) is 8.05. The van der Waals surface area contributed by atoms with Crippen molar-refractivity contribution in [1.29, 1.82) is 0 Å². The lowest BCUT2D eigenvalue weighted by molar-refractivity contribution is -0.139. The van der Waals surface area contributed by atoms with E-state index in [1.165, 1.54) is 18.6 Å². The highest BCUT2D eigenvalue weighted by Crippen LogP contribution is 2.25. The van der Waals surface area contributed by atoms with Crippen molar-refractivity contribution in [3.05, 3.63) is 35.6 Å². The van der Waals surface area contributed by atoms with Crippen molar-refractivity contribution in [3.63, 3.8) is 0 Å². The minimum absolute atomic E-state index is 0. The van der Waals surface area contributed by atoms with Gasteiger partial charge < -0.3 is 15.5 Å². The Hall–Kier alpha value is -1.66. The number of piperazine rings is 1. The van der Waals surface area contributed by atoms with Gasteiger partial charge in [0.2, 0.25) is 11.8 Å². The minimum atomic E-state index is -0.571. The Morgan fingerprint density at radius 2 is 2.00 bits per heavy atom. The van der Waals surface area contributed by atoms with Crippen LogP contribution in [0.25, 0.3) is 0 Å². The smallest absolute Gasteiger partial charge is 0.245 e. The number of amides is 2. The quantitative estimate of drug-likeness (QED) is 0.821. The van der Waals surface area contributed by atoms with Gasteiger partial charge in [0, 0.05) is 25.6 Å². The topological polar surface area (TPSA) is 61.4 Å². The molecular formula is C20H29ClFN3O2. The number of halogens is 2. The Balaban J connectivity index is 0.00000261. The zero-order valence-electron chi connectivity index (χ0n) is 15.7. The molecule has 2 aliphatic rings. The molecule has 2 fully saturated rings. The van der Waals surface area contributed by atoms with Crippen LogP contribution >= 0.6 is 12.4 Å². The first-order valence-electron chi connectivity index (χ1n) is 9.63. The van der Waals surface area contributed by atoms with Crippen LogP contribution in [0, 0.1) is 11.7 Å². The van der Waals surface area contributed by atoms with E-state index < -0.39 is 6.04 Å². The van der Waals surface area contributed by atoms with Gasteiger partial charge >= 0.3 is 0 Å². The number of hydrogen-bond donors (Lipinski definition) is 2. The van der Waals surface area contributed by atoms with E-state index in [4.69, 9.17) is 0 Å². The zero-order chi connectivity index (χ0) is 18.5. The summed E-state index contributed by atoms with van der Waals surface area (Å²) < 4.78 is 13.6. The van der Waals surface area contributed by atoms with Crippen LogP contribution in [-0.4, -0.2) is 42.4 Å². The third-order valence-corrected chi connectivity index (χ3v) is 5.47. The van der Waals surface area contributed by atoms with E-state index in [-0.39, 0.29) is 42.0 Å². The van der Waals surface area contributed by atoms with E-state index in [0.29, 0.717) is 19.6 Å². The van der Waals surface area contributed by atoms with Crippen LogP contribution in [0.1, 0.15) is 50.6 Å². The normalized spacial score (nSPS) is 21.9. The fourth-order valence-electron chi connectivity index (χ4n) is 3.99. The van der Waals surface area contributed by atoms with Crippen LogP contribution in [0.5, 0.6) is 0 Å². The summed E-state index contributed by atoms with van der Waals surface area (Å²) in [6.45, 7) is 3.57. The van der Waals surface area contributed by atoms with Gasteiger partial charge in [0.05, 0.1) is 6.04 Å². The molecule has 2 atom stereocenters. The van der Waals surface area contributed by atoms with Crippen LogP contribution in [0.2, 0.25) is 0 Å². The van der Waals surface area contributed by atoms with Gasteiger partial charge in [-0.05, 0) is 37.5 Å². The highest BCUT2D eigenvalue weighted by atomic mass is 35.5. The summed E-state index contributed by atoms with van der Waals surface area (Å²) in [6.07, 6.45) is 5.17. The zero-order valence-corrected chi connectivity index (χ0v) is 16.6. The third-order valence-electron chi connectivity index (χ3n) is 5.47. The largest absolute Gasteiger partial charge is 0.344 e. The second-order valence-corrected chi connectivity index (χ2v) is 7.37. The third kappa shape index (κ3) is 5.42. The number of benzene rings is 1. The summed E-state index contributed by atoms with van der Waals surface area (Å²) in [5.41, 5.74) is 0.774. The van der Waals surface area contributed by atoms with E-state index in [1.807, 2.05) is 6.07 Å². The molecular weight excluding hydrogens is 369 g/mol. The molecule has 1 aliphatic carbocycles. The predicted octanol–water partition coefficient (Wildman–Crippen LogP) is 2.81. The molecule has 1 unspecified atom stereocenters. The fourth-order valence-corrected chi connectivity index (χ4v) is 3.99. The molecule has 5 nitrogen and oxygen atoms in total. The maximum absolute atomic E-state index is 13.6. The van der Waals surface area contributed by atoms with Crippen LogP contribution < -0.4 is 10.6 Å². The highest BCUT2D eigenvalue weighted by Gasteiger charge is 2.32. The van der Waals surface area contributed by atoms with Crippen LogP contribution in [0.15, 0.2) is 24.3 Å². The van der Waals surface area contributed by atoms with Gasteiger partial charge in [-0.3, -0.25) is 9.59 Å². The number of carbonyl (C=O) groups is 2. The molecule has 1 aromatic carbocycles. The molecule has 1 aromatic rings. The molecule has 1 aliphatic heterocycles. The van der Waals surface area contributed by atoms with Gasteiger partial charge in [-0.1, -0.05) is 31.4 Å². The standard InChI is InChI=1S/C20H28FN3O2.ClH/c1-14(23-19(25)15-6-3-2-4-7-15)20(26)24-11-10-22-13-18(24)16-8-5-9-17(21)12-16;/h5,8-9,12,14-15,18,22H,2-4,6-7,10-11,13H2,1H3,(H,23,25);1H/t14-,18?;/m0./s1. The Morgan fingerprint density at radius 1 is 1.26 bits per heavy atom. The SMILES string of the molecule is C[C@H](NC(=O)C1CCCCC1)C(=O)N1CCNCC1c1cccc(F)c1.Cl. The Labute approximate surface area is 166 Å². The number of carbonyl (C=O) groups excluding carboxylic acids is 2. The molecule has 0 aromatic heterocycles. The van der Waals surface area contributed by atoms with Crippen molar-refractivity contribution in [2.45, 2.75) is 51.1 Å². The van der Waals surface area contributed by atoms with Gasteiger partial charge in [0.25, 0.3) is 0 Å². The van der Waals surface area contributed by atoms with Crippen LogP contribution in [-0.2, 0) is 9.59 Å². The summed E-state index contributed by atoms with van der Waals surface area (Å²) >= 11 is 0. The lowest BCUT2D eigenvalue weighted by atomic mass is 9.88. The van der Waals surface area contributed by atoms with Gasteiger partial charge in [-0.2, -0.15) is 0 Å². The molecule has 1 saturated carbocycles. The first-order chi connectivity index (χ1) is 12.6. The maximum Gasteiger partial charge on any atom is 0.245 e. The lowest BCUT2D eigenvalue weighted by Gasteiger charge is -2.38. The van der Waals surface area contributed by atoms with E-state index in [0.717, 1.165) is 31.2 Å². The van der Waals surface area contributed by atoms with Crippen LogP contribution in [0.3, 0.4) is 0 Å². The summed E-state index contributed by atoms with van der Waals surface area (Å²) in [6, 6.07) is 5.59. The average Bonchev–Trinajstić information content (AvgIpc) is 2.68.